The van der Waals surface area contributed by atoms with Gasteiger partial charge in [-0.15, -0.1) is 0 Å². The van der Waals surface area contributed by atoms with Crippen LogP contribution in [-0.2, 0) is 9.59 Å². The van der Waals surface area contributed by atoms with Gasteiger partial charge in [0, 0.05) is 13.1 Å². The van der Waals surface area contributed by atoms with Gasteiger partial charge in [0.1, 0.15) is 11.6 Å². The molecule has 3 N–H and O–H groups in total. The van der Waals surface area contributed by atoms with Gasteiger partial charge in [0.2, 0.25) is 11.8 Å². The molecule has 5 heteroatoms. The Labute approximate surface area is 82.6 Å². The van der Waals surface area contributed by atoms with Crippen LogP contribution in [0.15, 0.2) is 0 Å². The molecule has 14 heavy (non-hydrogen) atoms. The molecule has 78 valence electrons. The van der Waals surface area contributed by atoms with Crippen molar-refractivity contribution in [1.29, 1.82) is 0 Å². The van der Waals surface area contributed by atoms with E-state index in [0.717, 1.165) is 0 Å². The molecule has 0 radical (unpaired) electrons. The summed E-state index contributed by atoms with van der Waals surface area (Å²) in [6.07, 6.45) is 0. The lowest BCUT2D eigenvalue weighted by Crippen LogP contribution is -2.81. The molecule has 2 fully saturated rings. The van der Waals surface area contributed by atoms with Crippen LogP contribution in [0.3, 0.4) is 0 Å². The summed E-state index contributed by atoms with van der Waals surface area (Å²) in [4.78, 5) is 23.3. The minimum atomic E-state index is -0.664. The fourth-order valence-corrected chi connectivity index (χ4v) is 1.81. The van der Waals surface area contributed by atoms with E-state index in [2.05, 4.69) is 16.0 Å². The lowest BCUT2D eigenvalue weighted by molar-refractivity contribution is -0.144. The predicted octanol–water partition coefficient (Wildman–Crippen LogP) is -1.40. The maximum atomic E-state index is 11.7. The molecule has 2 aliphatic heterocycles. The zero-order valence-electron chi connectivity index (χ0n) is 8.39. The Hall–Kier alpha value is -1.10. The summed E-state index contributed by atoms with van der Waals surface area (Å²) in [7, 11) is 0. The second kappa shape index (κ2) is 2.95. The lowest BCUT2D eigenvalue weighted by Gasteiger charge is -2.46. The third-order valence-corrected chi connectivity index (χ3v) is 2.89. The smallest absolute Gasteiger partial charge is 0.249 e. The molecule has 2 rings (SSSR count). The topological polar surface area (TPSA) is 70.2 Å². The van der Waals surface area contributed by atoms with E-state index < -0.39 is 5.54 Å². The predicted molar refractivity (Wildman–Crippen MR) is 50.5 cm³/mol. The monoisotopic (exact) mass is 197 g/mol. The van der Waals surface area contributed by atoms with Crippen LogP contribution in [0.4, 0.5) is 0 Å². The molecule has 2 aliphatic rings. The van der Waals surface area contributed by atoms with Crippen molar-refractivity contribution < 1.29 is 9.59 Å². The number of nitrogens with one attached hydrogen (secondary N) is 3. The number of amides is 2. The number of carbonyl (C=O) groups is 2. The van der Waals surface area contributed by atoms with Crippen LogP contribution in [0.1, 0.15) is 13.8 Å². The van der Waals surface area contributed by atoms with Gasteiger partial charge in [-0.1, -0.05) is 13.8 Å². The Morgan fingerprint density at radius 2 is 2.00 bits per heavy atom. The van der Waals surface area contributed by atoms with Crippen molar-refractivity contribution in [3.63, 3.8) is 0 Å². The van der Waals surface area contributed by atoms with Gasteiger partial charge in [0.25, 0.3) is 0 Å². The third kappa shape index (κ3) is 1.19. The van der Waals surface area contributed by atoms with Crippen molar-refractivity contribution in [2.45, 2.75) is 25.4 Å². The maximum absolute atomic E-state index is 11.7. The van der Waals surface area contributed by atoms with Crippen LogP contribution < -0.4 is 16.0 Å². The van der Waals surface area contributed by atoms with Crippen LogP contribution in [-0.4, -0.2) is 36.5 Å². The normalized spacial score (nSPS) is 29.8. The lowest BCUT2D eigenvalue weighted by atomic mass is 9.86. The summed E-state index contributed by atoms with van der Waals surface area (Å²) in [6.45, 7) is 4.91. The molecule has 0 aliphatic carbocycles. The highest BCUT2D eigenvalue weighted by Gasteiger charge is 2.51. The second-order valence-electron chi connectivity index (χ2n) is 4.37. The second-order valence-corrected chi connectivity index (χ2v) is 4.37. The Balaban J connectivity index is 2.13. The Morgan fingerprint density at radius 1 is 1.36 bits per heavy atom. The average Bonchev–Trinajstić information content (AvgIpc) is 2.05. The summed E-state index contributed by atoms with van der Waals surface area (Å²) in [5.41, 5.74) is -0.664. The van der Waals surface area contributed by atoms with Gasteiger partial charge in [-0.2, -0.15) is 0 Å². The van der Waals surface area contributed by atoms with E-state index in [4.69, 9.17) is 0 Å². The first-order valence-corrected chi connectivity index (χ1v) is 4.89. The summed E-state index contributed by atoms with van der Waals surface area (Å²) in [5, 5.41) is 8.56. The van der Waals surface area contributed by atoms with Crippen LogP contribution >= 0.6 is 0 Å². The fourth-order valence-electron chi connectivity index (χ4n) is 1.81. The van der Waals surface area contributed by atoms with Gasteiger partial charge in [0.05, 0.1) is 0 Å². The highest BCUT2D eigenvalue weighted by molar-refractivity contribution is 6.01. The minimum absolute atomic E-state index is 0.0606. The average molecular weight is 197 g/mol. The van der Waals surface area contributed by atoms with Gasteiger partial charge >= 0.3 is 0 Å². The van der Waals surface area contributed by atoms with Crippen molar-refractivity contribution >= 4 is 11.8 Å². The van der Waals surface area contributed by atoms with Crippen molar-refractivity contribution in [3.8, 4) is 0 Å². The molecule has 1 spiro atoms. The summed E-state index contributed by atoms with van der Waals surface area (Å²) < 4.78 is 0. The number of carbonyl (C=O) groups excluding carboxylic acids is 2. The van der Waals surface area contributed by atoms with E-state index in [1.54, 1.807) is 0 Å². The van der Waals surface area contributed by atoms with E-state index in [-0.39, 0.29) is 23.8 Å². The molecule has 0 unspecified atom stereocenters. The van der Waals surface area contributed by atoms with Crippen LogP contribution in [0.2, 0.25) is 0 Å². The summed E-state index contributed by atoms with van der Waals surface area (Å²) in [5.74, 6) is -0.0000132. The molecule has 1 atom stereocenters. The summed E-state index contributed by atoms with van der Waals surface area (Å²) >= 11 is 0. The Bertz CT molecular complexity index is 284. The van der Waals surface area contributed by atoms with Gasteiger partial charge in [-0.3, -0.25) is 9.59 Å². The van der Waals surface area contributed by atoms with Crippen LogP contribution in [0.5, 0.6) is 0 Å². The van der Waals surface area contributed by atoms with E-state index in [1.165, 1.54) is 0 Å². The quantitative estimate of drug-likeness (QED) is 0.484. The Kier molecular flexibility index (Phi) is 1.99. The minimum Gasteiger partial charge on any atom is -0.342 e. The number of rotatable bonds is 1. The van der Waals surface area contributed by atoms with Crippen molar-refractivity contribution in [2.75, 3.05) is 13.1 Å². The molecule has 0 saturated carbocycles. The highest BCUT2D eigenvalue weighted by atomic mass is 16.2. The van der Waals surface area contributed by atoms with Gasteiger partial charge in [0.15, 0.2) is 0 Å². The number of hydrogen-bond donors (Lipinski definition) is 3. The van der Waals surface area contributed by atoms with E-state index in [1.807, 2.05) is 13.8 Å². The molecule has 2 amide bonds. The zero-order valence-corrected chi connectivity index (χ0v) is 8.39. The zero-order chi connectivity index (χ0) is 10.3. The largest absolute Gasteiger partial charge is 0.342 e. The highest BCUT2D eigenvalue weighted by Crippen LogP contribution is 2.18. The van der Waals surface area contributed by atoms with Gasteiger partial charge in [-0.05, 0) is 5.92 Å². The standard InChI is InChI=1S/C9H15N3O2/c1-5(2)6-7(13)12-9(3-10-4-9)8(14)11-6/h5-6,10H,3-4H2,1-2H3,(H,11,14)(H,12,13)/t6-/m1/s1. The summed E-state index contributed by atoms with van der Waals surface area (Å²) in [6, 6.07) is -0.381. The molecular weight excluding hydrogens is 182 g/mol. The van der Waals surface area contributed by atoms with Crippen molar-refractivity contribution in [2.24, 2.45) is 5.92 Å². The SMILES string of the molecule is CC(C)[C@H]1NC(=O)C2(CNC2)NC1=O. The van der Waals surface area contributed by atoms with Crippen molar-refractivity contribution in [1.82, 2.24) is 16.0 Å². The number of hydrogen-bond acceptors (Lipinski definition) is 3. The molecule has 0 aromatic heterocycles. The molecular formula is C9H15N3O2. The maximum Gasteiger partial charge on any atom is 0.249 e. The van der Waals surface area contributed by atoms with Crippen molar-refractivity contribution in [3.05, 3.63) is 0 Å². The first-order chi connectivity index (χ1) is 6.55. The van der Waals surface area contributed by atoms with Crippen LogP contribution in [0.25, 0.3) is 0 Å². The third-order valence-electron chi connectivity index (χ3n) is 2.89. The first-order valence-electron chi connectivity index (χ1n) is 4.89. The van der Waals surface area contributed by atoms with E-state index in [9.17, 15) is 9.59 Å². The van der Waals surface area contributed by atoms with Gasteiger partial charge in [-0.25, -0.2) is 0 Å². The first kappa shape index (κ1) is 9.45. The van der Waals surface area contributed by atoms with Gasteiger partial charge < -0.3 is 16.0 Å². The molecule has 0 bridgehead atoms. The van der Waals surface area contributed by atoms with E-state index >= 15 is 0 Å². The fraction of sp³-hybridized carbons (Fsp3) is 0.778. The molecule has 0 aromatic rings. The molecule has 2 saturated heterocycles. The number of piperazine rings is 1. The Morgan fingerprint density at radius 3 is 2.43 bits per heavy atom. The molecule has 5 nitrogen and oxygen atoms in total. The van der Waals surface area contributed by atoms with Crippen LogP contribution in [0, 0.1) is 5.92 Å². The van der Waals surface area contributed by atoms with E-state index in [0.29, 0.717) is 13.1 Å². The molecule has 0 aromatic carbocycles. The molecule has 2 heterocycles.